The highest BCUT2D eigenvalue weighted by Crippen LogP contribution is 2.45. The number of methoxy groups -OCH3 is 1. The fraction of sp³-hybridized carbons (Fsp3) is 0.423. The molecule has 6 heteroatoms. The number of hydrogen-bond donors (Lipinski definition) is 0. The van der Waals surface area contributed by atoms with Gasteiger partial charge in [-0.25, -0.2) is 4.79 Å². The van der Waals surface area contributed by atoms with Crippen LogP contribution >= 0.6 is 0 Å². The molecule has 0 bridgehead atoms. The first-order valence-corrected chi connectivity index (χ1v) is 10.8. The predicted molar refractivity (Wildman–Crippen MR) is 120 cm³/mol. The van der Waals surface area contributed by atoms with Gasteiger partial charge in [0.15, 0.2) is 5.78 Å². The van der Waals surface area contributed by atoms with Gasteiger partial charge < -0.3 is 14.2 Å². The van der Waals surface area contributed by atoms with Crippen molar-refractivity contribution in [1.29, 1.82) is 0 Å². The Bertz CT molecular complexity index is 982. The molecule has 0 N–H and O–H groups in total. The van der Waals surface area contributed by atoms with E-state index < -0.39 is 29.6 Å². The predicted octanol–water partition coefficient (Wildman–Crippen LogP) is 4.74. The second-order valence-corrected chi connectivity index (χ2v) is 8.65. The zero-order chi connectivity index (χ0) is 23.3. The number of carbonyl (C=O) groups is 3. The summed E-state index contributed by atoms with van der Waals surface area (Å²) in [6, 6.07) is 6.80. The van der Waals surface area contributed by atoms with Crippen LogP contribution in [0.3, 0.4) is 0 Å². The lowest BCUT2D eigenvalue weighted by Gasteiger charge is -2.34. The van der Waals surface area contributed by atoms with Crippen molar-refractivity contribution in [2.24, 2.45) is 5.41 Å². The van der Waals surface area contributed by atoms with Crippen molar-refractivity contribution in [2.75, 3.05) is 7.11 Å². The van der Waals surface area contributed by atoms with Gasteiger partial charge in [0.1, 0.15) is 23.5 Å². The molecule has 1 fully saturated rings. The second-order valence-electron chi connectivity index (χ2n) is 8.65. The Balaban J connectivity index is 1.79. The third-order valence-corrected chi connectivity index (χ3v) is 5.89. The molecule has 1 aliphatic carbocycles. The van der Waals surface area contributed by atoms with Crippen molar-refractivity contribution in [3.05, 3.63) is 65.3 Å². The lowest BCUT2D eigenvalue weighted by molar-refractivity contribution is -0.140. The van der Waals surface area contributed by atoms with E-state index in [9.17, 15) is 14.4 Å². The lowest BCUT2D eigenvalue weighted by Crippen LogP contribution is -2.43. The van der Waals surface area contributed by atoms with Crippen molar-refractivity contribution in [3.8, 4) is 5.75 Å². The molecule has 6 nitrogen and oxygen atoms in total. The monoisotopic (exact) mass is 438 g/mol. The van der Waals surface area contributed by atoms with E-state index in [1.807, 2.05) is 26.8 Å². The Hall–Kier alpha value is -3.15. The number of allylic oxidation sites excluding steroid dienone is 4. The number of esters is 2. The van der Waals surface area contributed by atoms with Gasteiger partial charge in [0.25, 0.3) is 0 Å². The van der Waals surface area contributed by atoms with Crippen LogP contribution in [0.2, 0.25) is 0 Å². The summed E-state index contributed by atoms with van der Waals surface area (Å²) in [6.07, 6.45) is 7.54. The summed E-state index contributed by atoms with van der Waals surface area (Å²) in [5, 5.41) is 0. The number of rotatable bonds is 7. The standard InChI is InChI=1S/C26H30O6/c1-17(2)8-7-9-18(3)14-23-26(16-24(28)32-23)15-19(12-13-22(26)27)31-25(29)20-10-5-6-11-21(20)30-4/h5-6,8,10-14,19,23H,7,9,15-16H2,1-4H3/b18-14+/t19-,23-,26?/m1/s1. The molecule has 1 aromatic carbocycles. The fourth-order valence-electron chi connectivity index (χ4n) is 4.18. The van der Waals surface area contributed by atoms with Gasteiger partial charge >= 0.3 is 11.9 Å². The summed E-state index contributed by atoms with van der Waals surface area (Å²) < 4.78 is 16.5. The van der Waals surface area contributed by atoms with Crippen LogP contribution in [-0.2, 0) is 19.1 Å². The minimum Gasteiger partial charge on any atom is -0.496 e. The Morgan fingerprint density at radius 2 is 1.97 bits per heavy atom. The van der Waals surface area contributed by atoms with Crippen molar-refractivity contribution in [2.45, 2.75) is 58.7 Å². The first-order valence-electron chi connectivity index (χ1n) is 10.8. The van der Waals surface area contributed by atoms with Crippen molar-refractivity contribution in [3.63, 3.8) is 0 Å². The summed E-state index contributed by atoms with van der Waals surface area (Å²) in [5.74, 6) is -0.722. The van der Waals surface area contributed by atoms with E-state index in [0.717, 1.165) is 18.4 Å². The van der Waals surface area contributed by atoms with Gasteiger partial charge in [0, 0.05) is 6.42 Å². The summed E-state index contributed by atoms with van der Waals surface area (Å²) in [4.78, 5) is 37.9. The average Bonchev–Trinajstić information content (AvgIpc) is 3.05. The highest BCUT2D eigenvalue weighted by molar-refractivity contribution is 6.01. The maximum absolute atomic E-state index is 12.9. The molecule has 3 rings (SSSR count). The van der Waals surface area contributed by atoms with E-state index in [2.05, 4.69) is 6.08 Å². The molecular formula is C26H30O6. The molecule has 2 aliphatic rings. The maximum Gasteiger partial charge on any atom is 0.342 e. The fourth-order valence-corrected chi connectivity index (χ4v) is 4.18. The summed E-state index contributed by atoms with van der Waals surface area (Å²) >= 11 is 0. The Morgan fingerprint density at radius 3 is 2.69 bits per heavy atom. The number of hydrogen-bond acceptors (Lipinski definition) is 6. The largest absolute Gasteiger partial charge is 0.496 e. The summed E-state index contributed by atoms with van der Waals surface area (Å²) in [6.45, 7) is 6.07. The average molecular weight is 439 g/mol. The van der Waals surface area contributed by atoms with E-state index in [0.29, 0.717) is 11.3 Å². The van der Waals surface area contributed by atoms with E-state index >= 15 is 0 Å². The van der Waals surface area contributed by atoms with Gasteiger partial charge in [0.05, 0.1) is 18.9 Å². The van der Waals surface area contributed by atoms with Crippen LogP contribution in [0.4, 0.5) is 0 Å². The lowest BCUT2D eigenvalue weighted by atomic mass is 9.69. The van der Waals surface area contributed by atoms with Crippen LogP contribution < -0.4 is 4.74 Å². The summed E-state index contributed by atoms with van der Waals surface area (Å²) in [7, 11) is 1.48. The van der Waals surface area contributed by atoms with Crippen LogP contribution in [0.5, 0.6) is 5.75 Å². The SMILES string of the molecule is COc1ccccc1C(=O)O[C@@H]1C=CC(=O)C2(CC(=O)O[C@@H]2/C=C(\C)CCC=C(C)C)C1. The van der Waals surface area contributed by atoms with Gasteiger partial charge in [-0.15, -0.1) is 0 Å². The molecule has 3 atom stereocenters. The third kappa shape index (κ3) is 5.18. The Kier molecular flexibility index (Phi) is 7.33. The molecule has 32 heavy (non-hydrogen) atoms. The Morgan fingerprint density at radius 1 is 1.22 bits per heavy atom. The van der Waals surface area contributed by atoms with Crippen LogP contribution in [0.1, 0.15) is 56.8 Å². The highest BCUT2D eigenvalue weighted by Gasteiger charge is 2.55. The number of para-hydroxylation sites is 1. The molecule has 1 saturated heterocycles. The zero-order valence-electron chi connectivity index (χ0n) is 19.1. The molecule has 1 heterocycles. The van der Waals surface area contributed by atoms with Crippen molar-refractivity contribution in [1.82, 2.24) is 0 Å². The minimum absolute atomic E-state index is 0.0265. The molecule has 1 spiro atoms. The molecule has 170 valence electrons. The van der Waals surface area contributed by atoms with Crippen LogP contribution in [-0.4, -0.2) is 37.0 Å². The van der Waals surface area contributed by atoms with Crippen LogP contribution in [0.25, 0.3) is 0 Å². The van der Waals surface area contributed by atoms with Gasteiger partial charge in [-0.05, 0) is 64.0 Å². The zero-order valence-corrected chi connectivity index (χ0v) is 19.1. The molecule has 0 saturated carbocycles. The molecule has 0 aromatic heterocycles. The topological polar surface area (TPSA) is 78.9 Å². The molecule has 1 aliphatic heterocycles. The van der Waals surface area contributed by atoms with Crippen molar-refractivity contribution < 1.29 is 28.6 Å². The van der Waals surface area contributed by atoms with Gasteiger partial charge in [-0.3, -0.25) is 9.59 Å². The van der Waals surface area contributed by atoms with Gasteiger partial charge in [-0.2, -0.15) is 0 Å². The molecule has 1 unspecified atom stereocenters. The number of ether oxygens (including phenoxy) is 3. The number of cyclic esters (lactones) is 1. The first-order chi connectivity index (χ1) is 15.2. The minimum atomic E-state index is -1.06. The number of benzene rings is 1. The molecule has 0 radical (unpaired) electrons. The van der Waals surface area contributed by atoms with Crippen molar-refractivity contribution >= 4 is 17.7 Å². The van der Waals surface area contributed by atoms with Gasteiger partial charge in [0.2, 0.25) is 0 Å². The number of carbonyl (C=O) groups excluding carboxylic acids is 3. The first kappa shape index (κ1) is 23.5. The van der Waals surface area contributed by atoms with Crippen LogP contribution in [0.15, 0.2) is 59.7 Å². The summed E-state index contributed by atoms with van der Waals surface area (Å²) in [5.41, 5.74) is 1.54. The quantitative estimate of drug-likeness (QED) is 0.452. The number of ketones is 1. The normalized spacial score (nSPS) is 24.9. The van der Waals surface area contributed by atoms with E-state index in [-0.39, 0.29) is 18.6 Å². The molecular weight excluding hydrogens is 408 g/mol. The smallest absolute Gasteiger partial charge is 0.342 e. The van der Waals surface area contributed by atoms with E-state index in [1.165, 1.54) is 18.8 Å². The van der Waals surface area contributed by atoms with Crippen LogP contribution in [0, 0.1) is 5.41 Å². The third-order valence-electron chi connectivity index (χ3n) is 5.89. The maximum atomic E-state index is 12.9. The molecule has 0 amide bonds. The molecule has 1 aromatic rings. The second kappa shape index (κ2) is 9.98. The van der Waals surface area contributed by atoms with Gasteiger partial charge in [-0.1, -0.05) is 29.4 Å². The highest BCUT2D eigenvalue weighted by atomic mass is 16.6. The van der Waals surface area contributed by atoms with E-state index in [4.69, 9.17) is 14.2 Å². The van der Waals surface area contributed by atoms with E-state index in [1.54, 1.807) is 30.3 Å². The Labute approximate surface area is 188 Å².